The molecule has 3 aromatic carbocycles. The second kappa shape index (κ2) is 7.70. The normalized spacial score (nSPS) is 13.6. The van der Waals surface area contributed by atoms with Gasteiger partial charge in [0, 0.05) is 11.8 Å². The van der Waals surface area contributed by atoms with Crippen molar-refractivity contribution < 1.29 is 0 Å². The van der Waals surface area contributed by atoms with E-state index >= 15 is 0 Å². The van der Waals surface area contributed by atoms with Crippen LogP contribution < -0.4 is 0 Å². The van der Waals surface area contributed by atoms with Gasteiger partial charge in [0.1, 0.15) is 0 Å². The lowest BCUT2D eigenvalue weighted by atomic mass is 9.82. The Bertz CT molecular complexity index is 800. The van der Waals surface area contributed by atoms with Crippen molar-refractivity contribution in [3.63, 3.8) is 0 Å². The third-order valence-electron chi connectivity index (χ3n) is 5.30. The van der Waals surface area contributed by atoms with E-state index in [1.165, 1.54) is 27.8 Å². The maximum Gasteiger partial charge on any atom is 0.00639 e. The van der Waals surface area contributed by atoms with Gasteiger partial charge < -0.3 is 0 Å². The summed E-state index contributed by atoms with van der Waals surface area (Å²) in [4.78, 5) is 0. The third kappa shape index (κ3) is 3.85. The Labute approximate surface area is 152 Å². The van der Waals surface area contributed by atoms with Gasteiger partial charge in [0.15, 0.2) is 0 Å². The van der Waals surface area contributed by atoms with Crippen LogP contribution in [0.2, 0.25) is 0 Å². The lowest BCUT2D eigenvalue weighted by molar-refractivity contribution is 0.803. The summed E-state index contributed by atoms with van der Waals surface area (Å²) in [6.45, 7) is 9.21. The number of hydrogen-bond acceptors (Lipinski definition) is 0. The summed E-state index contributed by atoms with van der Waals surface area (Å²) in [6, 6.07) is 28.7. The molecular weight excluding hydrogens is 300 g/mol. The van der Waals surface area contributed by atoms with Crippen molar-refractivity contribution in [2.75, 3.05) is 0 Å². The molecule has 0 amide bonds. The zero-order chi connectivity index (χ0) is 17.8. The fourth-order valence-corrected chi connectivity index (χ4v) is 3.62. The molecule has 0 aliphatic carbocycles. The minimum atomic E-state index is 0.404. The second-order valence-corrected chi connectivity index (χ2v) is 7.31. The molecule has 0 heterocycles. The van der Waals surface area contributed by atoms with E-state index in [1.807, 2.05) is 0 Å². The Balaban J connectivity index is 2.03. The maximum atomic E-state index is 2.44. The molecule has 2 unspecified atom stereocenters. The van der Waals surface area contributed by atoms with E-state index < -0.39 is 0 Å². The van der Waals surface area contributed by atoms with Crippen LogP contribution in [0.1, 0.15) is 73.3 Å². The minimum absolute atomic E-state index is 0.404. The van der Waals surface area contributed by atoms with Crippen molar-refractivity contribution in [3.05, 3.63) is 107 Å². The van der Waals surface area contributed by atoms with E-state index in [4.69, 9.17) is 0 Å². The molecule has 0 aliphatic heterocycles. The second-order valence-electron chi connectivity index (χ2n) is 7.31. The molecule has 128 valence electrons. The first-order valence-electron chi connectivity index (χ1n) is 9.31. The van der Waals surface area contributed by atoms with Crippen LogP contribution >= 0.6 is 0 Å². The molecule has 3 aromatic rings. The molecule has 0 saturated heterocycles. The molecule has 0 radical (unpaired) electrons. The zero-order valence-corrected chi connectivity index (χ0v) is 15.7. The van der Waals surface area contributed by atoms with E-state index in [0.717, 1.165) is 0 Å². The van der Waals surface area contributed by atoms with Crippen LogP contribution in [0.3, 0.4) is 0 Å². The molecule has 0 fully saturated rings. The standard InChI is InChI=1S/C25H28/c1-18(2)24-16-15-23(19(3)21-11-7-5-8-12-21)17-25(24)20(4)22-13-9-6-10-14-22/h5-20H,1-4H3. The SMILES string of the molecule is CC(C)c1ccc(C(C)c2ccccc2)cc1C(C)c1ccccc1. The Hall–Kier alpha value is -2.34. The molecule has 2 atom stereocenters. The van der Waals surface area contributed by atoms with Gasteiger partial charge in [0.05, 0.1) is 0 Å². The molecule has 25 heavy (non-hydrogen) atoms. The number of hydrogen-bond donors (Lipinski definition) is 0. The summed E-state index contributed by atoms with van der Waals surface area (Å²) < 4.78 is 0. The van der Waals surface area contributed by atoms with E-state index in [9.17, 15) is 0 Å². The molecule has 0 spiro atoms. The lowest BCUT2D eigenvalue weighted by Gasteiger charge is -2.22. The predicted octanol–water partition coefficient (Wildman–Crippen LogP) is 7.11. The topological polar surface area (TPSA) is 0 Å². The smallest absolute Gasteiger partial charge is 0.00639 e. The van der Waals surface area contributed by atoms with Crippen molar-refractivity contribution in [1.29, 1.82) is 0 Å². The molecule has 0 N–H and O–H groups in total. The lowest BCUT2D eigenvalue weighted by Crippen LogP contribution is -2.05. The van der Waals surface area contributed by atoms with Crippen molar-refractivity contribution in [3.8, 4) is 0 Å². The van der Waals surface area contributed by atoms with Crippen molar-refractivity contribution >= 4 is 0 Å². The van der Waals surface area contributed by atoms with Crippen LogP contribution in [0, 0.1) is 0 Å². The monoisotopic (exact) mass is 328 g/mol. The minimum Gasteiger partial charge on any atom is -0.0622 e. The highest BCUT2D eigenvalue weighted by Crippen LogP contribution is 2.34. The van der Waals surface area contributed by atoms with Gasteiger partial charge in [-0.3, -0.25) is 0 Å². The van der Waals surface area contributed by atoms with Crippen molar-refractivity contribution in [2.24, 2.45) is 0 Å². The summed E-state index contributed by atoms with van der Waals surface area (Å²) in [5, 5.41) is 0. The van der Waals surface area contributed by atoms with Gasteiger partial charge in [-0.05, 0) is 33.7 Å². The average molecular weight is 328 g/mol. The molecule has 0 heteroatoms. The van der Waals surface area contributed by atoms with Gasteiger partial charge in [0.2, 0.25) is 0 Å². The van der Waals surface area contributed by atoms with Crippen LogP contribution in [-0.2, 0) is 0 Å². The molecule has 0 nitrogen and oxygen atoms in total. The van der Waals surface area contributed by atoms with Gasteiger partial charge in [-0.1, -0.05) is 107 Å². The number of benzene rings is 3. The van der Waals surface area contributed by atoms with Gasteiger partial charge >= 0.3 is 0 Å². The van der Waals surface area contributed by atoms with Crippen LogP contribution in [0.25, 0.3) is 0 Å². The highest BCUT2D eigenvalue weighted by atomic mass is 14.2. The summed E-state index contributed by atoms with van der Waals surface area (Å²) in [7, 11) is 0. The summed E-state index contributed by atoms with van der Waals surface area (Å²) >= 11 is 0. The molecule has 0 saturated carbocycles. The highest BCUT2D eigenvalue weighted by molar-refractivity contribution is 5.44. The highest BCUT2D eigenvalue weighted by Gasteiger charge is 2.17. The van der Waals surface area contributed by atoms with E-state index in [2.05, 4.69) is 107 Å². The van der Waals surface area contributed by atoms with Gasteiger partial charge in [-0.15, -0.1) is 0 Å². The molecule has 0 aliphatic rings. The molecule has 0 aromatic heterocycles. The quantitative estimate of drug-likeness (QED) is 0.468. The maximum absolute atomic E-state index is 2.44. The molecule has 3 rings (SSSR count). The first-order chi connectivity index (χ1) is 12.1. The predicted molar refractivity (Wildman–Crippen MR) is 108 cm³/mol. The number of rotatable bonds is 5. The largest absolute Gasteiger partial charge is 0.0622 e. The summed E-state index contributed by atoms with van der Waals surface area (Å²) in [5.41, 5.74) is 7.07. The van der Waals surface area contributed by atoms with Crippen LogP contribution in [0.5, 0.6) is 0 Å². The van der Waals surface area contributed by atoms with Crippen LogP contribution in [0.4, 0.5) is 0 Å². The van der Waals surface area contributed by atoms with Crippen molar-refractivity contribution in [1.82, 2.24) is 0 Å². The van der Waals surface area contributed by atoms with E-state index in [0.29, 0.717) is 17.8 Å². The Morgan fingerprint density at radius 2 is 1.00 bits per heavy atom. The summed E-state index contributed by atoms with van der Waals surface area (Å²) in [6.07, 6.45) is 0. The Morgan fingerprint density at radius 1 is 0.480 bits per heavy atom. The van der Waals surface area contributed by atoms with E-state index in [1.54, 1.807) is 0 Å². The Morgan fingerprint density at radius 3 is 1.52 bits per heavy atom. The van der Waals surface area contributed by atoms with Gasteiger partial charge in [-0.25, -0.2) is 0 Å². The zero-order valence-electron chi connectivity index (χ0n) is 15.7. The molecular formula is C25H28. The first-order valence-corrected chi connectivity index (χ1v) is 9.31. The van der Waals surface area contributed by atoms with Crippen LogP contribution in [0.15, 0.2) is 78.9 Å². The van der Waals surface area contributed by atoms with E-state index in [-0.39, 0.29) is 0 Å². The average Bonchev–Trinajstić information content (AvgIpc) is 2.67. The Kier molecular flexibility index (Phi) is 5.38. The fraction of sp³-hybridized carbons (Fsp3) is 0.280. The third-order valence-corrected chi connectivity index (χ3v) is 5.30. The molecule has 0 bridgehead atoms. The first kappa shape index (κ1) is 17.5. The van der Waals surface area contributed by atoms with Crippen LogP contribution in [-0.4, -0.2) is 0 Å². The van der Waals surface area contributed by atoms with Gasteiger partial charge in [0.25, 0.3) is 0 Å². The summed E-state index contributed by atoms with van der Waals surface area (Å²) in [5.74, 6) is 1.34. The van der Waals surface area contributed by atoms with Crippen molar-refractivity contribution in [2.45, 2.75) is 45.4 Å². The fourth-order valence-electron chi connectivity index (χ4n) is 3.62. The van der Waals surface area contributed by atoms with Gasteiger partial charge in [-0.2, -0.15) is 0 Å².